The molecule has 2 rings (SSSR count). The molecule has 1 aliphatic heterocycles. The molecule has 0 unspecified atom stereocenters. The van der Waals surface area contributed by atoms with Crippen molar-refractivity contribution in [2.24, 2.45) is 0 Å². The van der Waals surface area contributed by atoms with Crippen LogP contribution in [-0.4, -0.2) is 29.3 Å². The normalized spacial score (nSPS) is 15.7. The predicted molar refractivity (Wildman–Crippen MR) is 70.5 cm³/mol. The number of phenolic OH excluding ortho intramolecular Hbond substituents is 1. The molecule has 1 saturated heterocycles. The Morgan fingerprint density at radius 2 is 1.94 bits per heavy atom. The van der Waals surface area contributed by atoms with Crippen LogP contribution in [0, 0.1) is 0 Å². The summed E-state index contributed by atoms with van der Waals surface area (Å²) in [5, 5.41) is 19.1. The third-order valence-corrected chi connectivity index (χ3v) is 3.49. The molecule has 0 aliphatic carbocycles. The fraction of sp³-hybridized carbons (Fsp3) is 0.462. The summed E-state index contributed by atoms with van der Waals surface area (Å²) in [5.74, 6) is -0.977. The lowest BCUT2D eigenvalue weighted by atomic mass is 10.1. The third kappa shape index (κ3) is 2.88. The van der Waals surface area contributed by atoms with Crippen molar-refractivity contribution in [2.75, 3.05) is 18.0 Å². The number of carboxylic acid groups (broad SMARTS) is 1. The lowest BCUT2D eigenvalue weighted by Crippen LogP contribution is -2.29. The van der Waals surface area contributed by atoms with Gasteiger partial charge in [0, 0.05) is 24.7 Å². The van der Waals surface area contributed by atoms with Crippen LogP contribution in [0.4, 0.5) is 5.69 Å². The molecular weight excluding hydrogens is 254 g/mol. The smallest absolute Gasteiger partial charge is 0.307 e. The highest BCUT2D eigenvalue weighted by molar-refractivity contribution is 6.33. The first-order valence-electron chi connectivity index (χ1n) is 6.06. The molecule has 1 aliphatic rings. The van der Waals surface area contributed by atoms with Crippen molar-refractivity contribution in [2.45, 2.75) is 25.7 Å². The van der Waals surface area contributed by atoms with Crippen LogP contribution in [0.1, 0.15) is 24.8 Å². The maximum Gasteiger partial charge on any atom is 0.307 e. The van der Waals surface area contributed by atoms with Crippen molar-refractivity contribution < 1.29 is 15.0 Å². The lowest BCUT2D eigenvalue weighted by molar-refractivity contribution is -0.136. The molecule has 0 amide bonds. The number of hydrogen-bond donors (Lipinski definition) is 2. The zero-order chi connectivity index (χ0) is 13.1. The van der Waals surface area contributed by atoms with Crippen LogP contribution in [0.5, 0.6) is 5.75 Å². The SMILES string of the molecule is O=C(O)Cc1cc(Cl)c(N2CCCCC2)cc1O. The highest BCUT2D eigenvalue weighted by Gasteiger charge is 2.17. The van der Waals surface area contributed by atoms with Gasteiger partial charge in [0.05, 0.1) is 17.1 Å². The summed E-state index contributed by atoms with van der Waals surface area (Å²) in [5.41, 5.74) is 1.15. The van der Waals surface area contributed by atoms with Gasteiger partial charge in [0.15, 0.2) is 0 Å². The van der Waals surface area contributed by atoms with Crippen LogP contribution in [-0.2, 0) is 11.2 Å². The summed E-state index contributed by atoms with van der Waals surface area (Å²) < 4.78 is 0. The second kappa shape index (κ2) is 5.48. The number of benzene rings is 1. The molecule has 0 spiro atoms. The first kappa shape index (κ1) is 13.0. The molecule has 98 valence electrons. The largest absolute Gasteiger partial charge is 0.508 e. The van der Waals surface area contributed by atoms with Crippen molar-refractivity contribution in [1.82, 2.24) is 0 Å². The van der Waals surface area contributed by atoms with Crippen LogP contribution in [0.3, 0.4) is 0 Å². The summed E-state index contributed by atoms with van der Waals surface area (Å²) in [7, 11) is 0. The molecule has 1 aromatic carbocycles. The average Bonchev–Trinajstić information content (AvgIpc) is 2.34. The van der Waals surface area contributed by atoms with Gasteiger partial charge in [0.2, 0.25) is 0 Å². The van der Waals surface area contributed by atoms with Gasteiger partial charge in [-0.05, 0) is 25.3 Å². The molecule has 0 radical (unpaired) electrons. The number of aliphatic carboxylic acids is 1. The number of anilines is 1. The highest BCUT2D eigenvalue weighted by Crippen LogP contribution is 2.34. The van der Waals surface area contributed by atoms with Gasteiger partial charge in [-0.25, -0.2) is 0 Å². The molecule has 1 aromatic rings. The molecule has 1 heterocycles. The Kier molecular flexibility index (Phi) is 3.97. The first-order chi connectivity index (χ1) is 8.58. The number of aromatic hydroxyl groups is 1. The molecule has 0 atom stereocenters. The number of carboxylic acids is 1. The van der Waals surface area contributed by atoms with Gasteiger partial charge in [0.1, 0.15) is 5.75 Å². The average molecular weight is 270 g/mol. The first-order valence-corrected chi connectivity index (χ1v) is 6.44. The van der Waals surface area contributed by atoms with Gasteiger partial charge in [-0.15, -0.1) is 0 Å². The van der Waals surface area contributed by atoms with Crippen LogP contribution < -0.4 is 4.90 Å². The lowest BCUT2D eigenvalue weighted by Gasteiger charge is -2.29. The monoisotopic (exact) mass is 269 g/mol. The van der Waals surface area contributed by atoms with E-state index in [-0.39, 0.29) is 12.2 Å². The third-order valence-electron chi connectivity index (χ3n) is 3.19. The van der Waals surface area contributed by atoms with E-state index in [1.165, 1.54) is 6.42 Å². The van der Waals surface area contributed by atoms with E-state index in [4.69, 9.17) is 16.7 Å². The van der Waals surface area contributed by atoms with Gasteiger partial charge in [0.25, 0.3) is 0 Å². The quantitative estimate of drug-likeness (QED) is 0.886. The van der Waals surface area contributed by atoms with Crippen molar-refractivity contribution in [3.8, 4) is 5.75 Å². The summed E-state index contributed by atoms with van der Waals surface area (Å²) in [6, 6.07) is 3.13. The molecule has 0 aromatic heterocycles. The Labute approximate surface area is 111 Å². The Hall–Kier alpha value is -1.42. The Balaban J connectivity index is 2.26. The molecule has 5 heteroatoms. The predicted octanol–water partition coefficient (Wildman–Crippen LogP) is 2.66. The Morgan fingerprint density at radius 1 is 1.28 bits per heavy atom. The molecule has 18 heavy (non-hydrogen) atoms. The van der Waals surface area contributed by atoms with Gasteiger partial charge in [-0.3, -0.25) is 4.79 Å². The number of phenols is 1. The maximum absolute atomic E-state index is 10.7. The standard InChI is InChI=1S/C13H16ClNO3/c14-10-6-9(7-13(17)18)12(16)8-11(10)15-4-2-1-3-5-15/h6,8,16H,1-5,7H2,(H,17,18). The van der Waals surface area contributed by atoms with E-state index in [1.54, 1.807) is 12.1 Å². The Morgan fingerprint density at radius 3 is 2.56 bits per heavy atom. The van der Waals surface area contributed by atoms with Crippen LogP contribution in [0.25, 0.3) is 0 Å². The fourth-order valence-corrected chi connectivity index (χ4v) is 2.58. The number of halogens is 1. The number of rotatable bonds is 3. The molecule has 0 bridgehead atoms. The summed E-state index contributed by atoms with van der Waals surface area (Å²) in [6.45, 7) is 1.86. The van der Waals surface area contributed by atoms with Crippen LogP contribution in [0.15, 0.2) is 12.1 Å². The minimum Gasteiger partial charge on any atom is -0.508 e. The zero-order valence-corrected chi connectivity index (χ0v) is 10.8. The van der Waals surface area contributed by atoms with Gasteiger partial charge < -0.3 is 15.1 Å². The summed E-state index contributed by atoms with van der Waals surface area (Å²) >= 11 is 6.17. The molecule has 1 fully saturated rings. The van der Waals surface area contributed by atoms with Gasteiger partial charge >= 0.3 is 5.97 Å². The van der Waals surface area contributed by atoms with Gasteiger partial charge in [-0.2, -0.15) is 0 Å². The number of carbonyl (C=O) groups is 1. The van der Waals surface area contributed by atoms with E-state index in [9.17, 15) is 9.90 Å². The molecule has 0 saturated carbocycles. The minimum absolute atomic E-state index is 0.00220. The van der Waals surface area contributed by atoms with Crippen molar-refractivity contribution in [1.29, 1.82) is 0 Å². The topological polar surface area (TPSA) is 60.8 Å². The summed E-state index contributed by atoms with van der Waals surface area (Å²) in [6.07, 6.45) is 3.24. The van der Waals surface area contributed by atoms with Crippen LogP contribution in [0.2, 0.25) is 5.02 Å². The maximum atomic E-state index is 10.7. The number of nitrogens with zero attached hydrogens (tertiary/aromatic N) is 1. The molecular formula is C13H16ClNO3. The van der Waals surface area contributed by atoms with E-state index in [0.717, 1.165) is 31.6 Å². The second-order valence-electron chi connectivity index (χ2n) is 4.55. The molecule has 4 nitrogen and oxygen atoms in total. The highest BCUT2D eigenvalue weighted by atomic mass is 35.5. The van der Waals surface area contributed by atoms with E-state index in [1.807, 2.05) is 0 Å². The van der Waals surface area contributed by atoms with E-state index >= 15 is 0 Å². The minimum atomic E-state index is -0.980. The number of hydrogen-bond acceptors (Lipinski definition) is 3. The molecule has 2 N–H and O–H groups in total. The van der Waals surface area contributed by atoms with Crippen molar-refractivity contribution in [3.05, 3.63) is 22.7 Å². The van der Waals surface area contributed by atoms with E-state index in [0.29, 0.717) is 10.6 Å². The fourth-order valence-electron chi connectivity index (χ4n) is 2.27. The van der Waals surface area contributed by atoms with E-state index < -0.39 is 5.97 Å². The van der Waals surface area contributed by atoms with E-state index in [2.05, 4.69) is 4.90 Å². The van der Waals surface area contributed by atoms with Crippen LogP contribution >= 0.6 is 11.6 Å². The zero-order valence-electron chi connectivity index (χ0n) is 10.0. The summed E-state index contributed by atoms with van der Waals surface area (Å²) in [4.78, 5) is 12.8. The second-order valence-corrected chi connectivity index (χ2v) is 4.96. The van der Waals surface area contributed by atoms with Crippen molar-refractivity contribution >= 4 is 23.3 Å². The Bertz CT molecular complexity index is 456. The number of piperidine rings is 1. The van der Waals surface area contributed by atoms with Crippen molar-refractivity contribution in [3.63, 3.8) is 0 Å². The van der Waals surface area contributed by atoms with Gasteiger partial charge in [-0.1, -0.05) is 11.6 Å².